The number of aromatic nitrogens is 1. The van der Waals surface area contributed by atoms with Crippen LogP contribution in [0.3, 0.4) is 0 Å². The number of aryl methyl sites for hydroxylation is 1. The maximum atomic E-state index is 11.4. The van der Waals surface area contributed by atoms with Crippen LogP contribution in [0.2, 0.25) is 0 Å². The smallest absolute Gasteiger partial charge is 0.203 e. The molecule has 0 amide bonds. The molecular weight excluding hydrogens is 242 g/mol. The molecule has 1 aromatic heterocycles. The number of ether oxygens (including phenoxy) is 2. The zero-order valence-electron chi connectivity index (χ0n) is 10.6. The van der Waals surface area contributed by atoms with Gasteiger partial charge in [0, 0.05) is 12.3 Å². The van der Waals surface area contributed by atoms with Gasteiger partial charge in [0.05, 0.1) is 11.3 Å². The monoisotopic (exact) mass is 255 g/mol. The summed E-state index contributed by atoms with van der Waals surface area (Å²) < 4.78 is 11.0. The Morgan fingerprint density at radius 3 is 3.11 bits per heavy atom. The van der Waals surface area contributed by atoms with E-state index in [1.54, 1.807) is 24.4 Å². The third-order valence-electron chi connectivity index (χ3n) is 3.11. The number of fused-ring (bicyclic) bond motifs is 1. The molecule has 2 heterocycles. The van der Waals surface area contributed by atoms with Gasteiger partial charge in [0.1, 0.15) is 18.1 Å². The van der Waals surface area contributed by atoms with Crippen molar-refractivity contribution in [2.45, 2.75) is 13.5 Å². The van der Waals surface area contributed by atoms with Crippen LogP contribution in [0.25, 0.3) is 0 Å². The van der Waals surface area contributed by atoms with Gasteiger partial charge in [-0.15, -0.1) is 0 Å². The number of rotatable bonds is 3. The highest BCUT2D eigenvalue weighted by Gasteiger charge is 2.21. The van der Waals surface area contributed by atoms with Crippen LogP contribution in [-0.2, 0) is 6.61 Å². The Morgan fingerprint density at radius 1 is 1.37 bits per heavy atom. The summed E-state index contributed by atoms with van der Waals surface area (Å²) in [6.45, 7) is 2.52. The van der Waals surface area contributed by atoms with Crippen molar-refractivity contribution in [2.75, 3.05) is 6.61 Å². The summed E-state index contributed by atoms with van der Waals surface area (Å²) in [5, 5.41) is 0. The van der Waals surface area contributed by atoms with Gasteiger partial charge in [-0.05, 0) is 30.7 Å². The first kappa shape index (κ1) is 11.7. The van der Waals surface area contributed by atoms with Crippen molar-refractivity contribution in [3.63, 3.8) is 0 Å². The second-order valence-corrected chi connectivity index (χ2v) is 4.43. The zero-order chi connectivity index (χ0) is 13.2. The number of benzene rings is 1. The average Bonchev–Trinajstić information content (AvgIpc) is 2.79. The second-order valence-electron chi connectivity index (χ2n) is 4.43. The number of nitrogens with zero attached hydrogens (tertiary/aromatic N) is 1. The third-order valence-corrected chi connectivity index (χ3v) is 3.11. The van der Waals surface area contributed by atoms with Crippen LogP contribution in [0, 0.1) is 6.92 Å². The van der Waals surface area contributed by atoms with E-state index in [9.17, 15) is 4.79 Å². The Bertz CT molecular complexity index is 637. The molecule has 1 aliphatic rings. The van der Waals surface area contributed by atoms with E-state index < -0.39 is 0 Å². The molecule has 3 rings (SSSR count). The lowest BCUT2D eigenvalue weighted by Crippen LogP contribution is -2.00. The van der Waals surface area contributed by atoms with Gasteiger partial charge in [-0.1, -0.05) is 6.07 Å². The highest BCUT2D eigenvalue weighted by atomic mass is 16.5. The van der Waals surface area contributed by atoms with Crippen LogP contribution < -0.4 is 9.47 Å². The van der Waals surface area contributed by atoms with Gasteiger partial charge in [-0.25, -0.2) is 0 Å². The maximum Gasteiger partial charge on any atom is 0.203 e. The number of carbonyl (C=O) groups is 1. The van der Waals surface area contributed by atoms with Crippen LogP contribution in [0.4, 0.5) is 0 Å². The van der Waals surface area contributed by atoms with E-state index >= 15 is 0 Å². The minimum Gasteiger partial charge on any atom is -0.487 e. The molecule has 19 heavy (non-hydrogen) atoms. The normalized spacial score (nSPS) is 13.0. The fourth-order valence-electron chi connectivity index (χ4n) is 1.98. The van der Waals surface area contributed by atoms with E-state index in [4.69, 9.17) is 9.47 Å². The first-order valence-corrected chi connectivity index (χ1v) is 6.07. The Morgan fingerprint density at radius 2 is 2.26 bits per heavy atom. The molecule has 4 nitrogen and oxygen atoms in total. The average molecular weight is 255 g/mol. The minimum absolute atomic E-state index is 0.0159. The van der Waals surface area contributed by atoms with Gasteiger partial charge in [0.15, 0.2) is 6.61 Å². The lowest BCUT2D eigenvalue weighted by molar-refractivity contribution is 0.0961. The van der Waals surface area contributed by atoms with E-state index in [2.05, 4.69) is 4.98 Å². The summed E-state index contributed by atoms with van der Waals surface area (Å²) in [4.78, 5) is 15.7. The van der Waals surface area contributed by atoms with E-state index in [1.165, 1.54) is 0 Å². The van der Waals surface area contributed by atoms with Crippen molar-refractivity contribution in [2.24, 2.45) is 0 Å². The first-order chi connectivity index (χ1) is 9.24. The molecule has 0 N–H and O–H groups in total. The predicted molar refractivity (Wildman–Crippen MR) is 69.6 cm³/mol. The number of pyridine rings is 1. The molecule has 0 unspecified atom stereocenters. The SMILES string of the molecule is Cc1cccnc1COc1ccc2c(c1)OCC2=O. The molecule has 2 aromatic rings. The van der Waals surface area contributed by atoms with Crippen molar-refractivity contribution >= 4 is 5.78 Å². The summed E-state index contributed by atoms with van der Waals surface area (Å²) in [6, 6.07) is 9.16. The molecule has 1 aromatic carbocycles. The fourth-order valence-corrected chi connectivity index (χ4v) is 1.98. The Kier molecular flexibility index (Phi) is 2.91. The highest BCUT2D eigenvalue weighted by Crippen LogP contribution is 2.29. The number of carbonyl (C=O) groups excluding carboxylic acids is 1. The number of hydrogen-bond donors (Lipinski definition) is 0. The van der Waals surface area contributed by atoms with E-state index in [-0.39, 0.29) is 12.4 Å². The standard InChI is InChI=1S/C15H13NO3/c1-10-3-2-6-16-13(10)8-18-11-4-5-12-14(17)9-19-15(12)7-11/h2-7H,8-9H2,1H3. The quantitative estimate of drug-likeness (QED) is 0.845. The molecule has 0 bridgehead atoms. The van der Waals surface area contributed by atoms with Gasteiger partial charge < -0.3 is 9.47 Å². The lowest BCUT2D eigenvalue weighted by atomic mass is 10.1. The van der Waals surface area contributed by atoms with Gasteiger partial charge >= 0.3 is 0 Å². The summed E-state index contributed by atoms with van der Waals surface area (Å²) >= 11 is 0. The molecule has 0 saturated heterocycles. The number of hydrogen-bond acceptors (Lipinski definition) is 4. The Hall–Kier alpha value is -2.36. The van der Waals surface area contributed by atoms with Gasteiger partial charge in [-0.3, -0.25) is 9.78 Å². The topological polar surface area (TPSA) is 48.4 Å². The first-order valence-electron chi connectivity index (χ1n) is 6.07. The molecular formula is C15H13NO3. The predicted octanol–water partition coefficient (Wildman–Crippen LogP) is 2.54. The third kappa shape index (κ3) is 2.29. The lowest BCUT2D eigenvalue weighted by Gasteiger charge is -2.08. The van der Waals surface area contributed by atoms with E-state index in [0.717, 1.165) is 11.3 Å². The maximum absolute atomic E-state index is 11.4. The molecule has 0 fully saturated rings. The highest BCUT2D eigenvalue weighted by molar-refractivity contribution is 6.02. The largest absolute Gasteiger partial charge is 0.487 e. The fraction of sp³-hybridized carbons (Fsp3) is 0.200. The molecule has 0 radical (unpaired) electrons. The van der Waals surface area contributed by atoms with Crippen LogP contribution in [0.1, 0.15) is 21.6 Å². The molecule has 0 spiro atoms. The summed E-state index contributed by atoms with van der Waals surface area (Å²) in [5.41, 5.74) is 2.62. The van der Waals surface area contributed by atoms with Crippen LogP contribution >= 0.6 is 0 Å². The molecule has 0 saturated carbocycles. The van der Waals surface area contributed by atoms with E-state index in [0.29, 0.717) is 23.7 Å². The number of Topliss-reactive ketones (excluding diaryl/α,β-unsaturated/α-hetero) is 1. The van der Waals surface area contributed by atoms with Crippen molar-refractivity contribution in [3.8, 4) is 11.5 Å². The van der Waals surface area contributed by atoms with Gasteiger partial charge in [0.2, 0.25) is 5.78 Å². The van der Waals surface area contributed by atoms with Crippen LogP contribution in [0.5, 0.6) is 11.5 Å². The van der Waals surface area contributed by atoms with Crippen molar-refractivity contribution in [1.82, 2.24) is 4.98 Å². The Balaban J connectivity index is 1.75. The summed E-state index contributed by atoms with van der Waals surface area (Å²) in [7, 11) is 0. The van der Waals surface area contributed by atoms with Crippen molar-refractivity contribution < 1.29 is 14.3 Å². The second kappa shape index (κ2) is 4.72. The molecule has 0 atom stereocenters. The van der Waals surface area contributed by atoms with E-state index in [1.807, 2.05) is 19.1 Å². The zero-order valence-corrected chi connectivity index (χ0v) is 10.6. The molecule has 4 heteroatoms. The van der Waals surface area contributed by atoms with Gasteiger partial charge in [-0.2, -0.15) is 0 Å². The Labute approximate surface area is 111 Å². The summed E-state index contributed by atoms with van der Waals surface area (Å²) in [5.74, 6) is 1.29. The molecule has 0 aliphatic carbocycles. The molecule has 96 valence electrons. The van der Waals surface area contributed by atoms with Crippen LogP contribution in [0.15, 0.2) is 36.5 Å². The minimum atomic E-state index is 0.0159. The van der Waals surface area contributed by atoms with Crippen molar-refractivity contribution in [1.29, 1.82) is 0 Å². The van der Waals surface area contributed by atoms with Gasteiger partial charge in [0.25, 0.3) is 0 Å². The van der Waals surface area contributed by atoms with Crippen LogP contribution in [-0.4, -0.2) is 17.4 Å². The summed E-state index contributed by atoms with van der Waals surface area (Å²) in [6.07, 6.45) is 1.75. The molecule has 1 aliphatic heterocycles. The van der Waals surface area contributed by atoms with Crippen molar-refractivity contribution in [3.05, 3.63) is 53.3 Å². The number of ketones is 1.